The number of thioether (sulfide) groups is 1. The molecule has 0 aliphatic carbocycles. The highest BCUT2D eigenvalue weighted by Crippen LogP contribution is 2.29. The van der Waals surface area contributed by atoms with Gasteiger partial charge < -0.3 is 15.3 Å². The molecule has 1 rings (SSSR count). The van der Waals surface area contributed by atoms with E-state index in [1.165, 1.54) is 4.90 Å². The van der Waals surface area contributed by atoms with Crippen molar-refractivity contribution in [1.82, 2.24) is 15.1 Å². The molecular weight excluding hydrogens is 299 g/mol. The molecule has 0 spiro atoms. The first-order chi connectivity index (χ1) is 9.28. The number of aliphatic carboxylic acids is 1. The van der Waals surface area contributed by atoms with Gasteiger partial charge in [0.2, 0.25) is 0 Å². The number of carbonyl (C=O) groups excluding carboxylic acids is 1. The number of hydrogen-bond acceptors (Lipinski definition) is 4. The van der Waals surface area contributed by atoms with Gasteiger partial charge in [0, 0.05) is 38.5 Å². The van der Waals surface area contributed by atoms with Crippen LogP contribution in [0.25, 0.3) is 0 Å². The van der Waals surface area contributed by atoms with Crippen molar-refractivity contribution in [2.24, 2.45) is 0 Å². The summed E-state index contributed by atoms with van der Waals surface area (Å²) in [6, 6.07) is -0.414. The normalized spacial score (nSPS) is 17.1. The maximum atomic E-state index is 11.9. The number of carboxylic acid groups (broad SMARTS) is 1. The molecule has 0 aromatic carbocycles. The molecule has 0 saturated carbocycles. The molecular formula is C10H16F3N3O3S. The zero-order valence-electron chi connectivity index (χ0n) is 10.7. The lowest BCUT2D eigenvalue weighted by Crippen LogP contribution is -2.52. The number of hydrogen-bond donors (Lipinski definition) is 2. The Balaban J connectivity index is 2.18. The van der Waals surface area contributed by atoms with Crippen molar-refractivity contribution in [3.8, 4) is 0 Å². The zero-order chi connectivity index (χ0) is 15.2. The number of carbonyl (C=O) groups is 2. The van der Waals surface area contributed by atoms with E-state index in [4.69, 9.17) is 5.11 Å². The van der Waals surface area contributed by atoms with Crippen LogP contribution >= 0.6 is 11.8 Å². The summed E-state index contributed by atoms with van der Waals surface area (Å²) in [4.78, 5) is 25.3. The molecule has 0 aromatic rings. The number of urea groups is 1. The van der Waals surface area contributed by atoms with E-state index in [-0.39, 0.29) is 30.6 Å². The first-order valence-electron chi connectivity index (χ1n) is 5.95. The van der Waals surface area contributed by atoms with Crippen LogP contribution in [0.2, 0.25) is 0 Å². The van der Waals surface area contributed by atoms with Gasteiger partial charge in [0.05, 0.1) is 6.54 Å². The van der Waals surface area contributed by atoms with Gasteiger partial charge in [-0.25, -0.2) is 4.79 Å². The van der Waals surface area contributed by atoms with Gasteiger partial charge in [-0.1, -0.05) is 0 Å². The number of halogens is 3. The molecule has 1 heterocycles. The Hall–Kier alpha value is -1.16. The molecule has 1 fully saturated rings. The van der Waals surface area contributed by atoms with E-state index in [1.54, 1.807) is 4.90 Å². The number of nitrogens with zero attached hydrogens (tertiary/aromatic N) is 2. The third-order valence-corrected chi connectivity index (χ3v) is 3.40. The number of piperazine rings is 1. The number of amides is 2. The quantitative estimate of drug-likeness (QED) is 0.729. The highest BCUT2D eigenvalue weighted by molar-refractivity contribution is 8.00. The zero-order valence-corrected chi connectivity index (χ0v) is 11.5. The van der Waals surface area contributed by atoms with Gasteiger partial charge in [0.1, 0.15) is 0 Å². The smallest absolute Gasteiger partial charge is 0.441 e. The van der Waals surface area contributed by atoms with Gasteiger partial charge in [0.25, 0.3) is 0 Å². The minimum absolute atomic E-state index is 0.0572. The molecule has 0 bridgehead atoms. The maximum absolute atomic E-state index is 11.9. The lowest BCUT2D eigenvalue weighted by Gasteiger charge is -2.33. The summed E-state index contributed by atoms with van der Waals surface area (Å²) in [7, 11) is 0. The molecule has 1 saturated heterocycles. The molecule has 20 heavy (non-hydrogen) atoms. The van der Waals surface area contributed by atoms with E-state index < -0.39 is 17.5 Å². The number of rotatable bonds is 5. The van der Waals surface area contributed by atoms with E-state index in [0.29, 0.717) is 26.2 Å². The van der Waals surface area contributed by atoms with Crippen molar-refractivity contribution >= 4 is 23.8 Å². The Morgan fingerprint density at radius 1 is 1.20 bits per heavy atom. The number of carboxylic acids is 1. The predicted octanol–water partition coefficient (Wildman–Crippen LogP) is 0.651. The summed E-state index contributed by atoms with van der Waals surface area (Å²) in [5.41, 5.74) is -4.28. The van der Waals surface area contributed by atoms with Crippen molar-refractivity contribution in [2.75, 3.05) is 45.0 Å². The van der Waals surface area contributed by atoms with E-state index in [0.717, 1.165) is 0 Å². The molecule has 0 unspecified atom stereocenters. The average Bonchev–Trinajstić information content (AvgIpc) is 2.33. The molecule has 1 aliphatic heterocycles. The van der Waals surface area contributed by atoms with Crippen LogP contribution < -0.4 is 5.32 Å². The summed E-state index contributed by atoms with van der Waals surface area (Å²) < 4.78 is 35.6. The van der Waals surface area contributed by atoms with E-state index in [9.17, 15) is 22.8 Å². The van der Waals surface area contributed by atoms with Gasteiger partial charge in [-0.2, -0.15) is 13.2 Å². The first-order valence-corrected chi connectivity index (χ1v) is 6.94. The topological polar surface area (TPSA) is 72.9 Å². The lowest BCUT2D eigenvalue weighted by atomic mass is 10.3. The SMILES string of the molecule is O=C(O)CN1CCN(C(=O)NCCSC(F)(F)F)CC1. The number of alkyl halides is 3. The van der Waals surface area contributed by atoms with E-state index >= 15 is 0 Å². The second-order valence-corrected chi connectivity index (χ2v) is 5.34. The fraction of sp³-hybridized carbons (Fsp3) is 0.800. The van der Waals surface area contributed by atoms with Crippen LogP contribution in [0.5, 0.6) is 0 Å². The monoisotopic (exact) mass is 315 g/mol. The second-order valence-electron chi connectivity index (χ2n) is 4.18. The van der Waals surface area contributed by atoms with Gasteiger partial charge in [-0.15, -0.1) is 0 Å². The molecule has 0 aromatic heterocycles. The number of nitrogens with one attached hydrogen (secondary N) is 1. The van der Waals surface area contributed by atoms with Gasteiger partial charge >= 0.3 is 17.5 Å². The molecule has 116 valence electrons. The van der Waals surface area contributed by atoms with E-state index in [1.807, 2.05) is 0 Å². The van der Waals surface area contributed by atoms with Crippen LogP contribution in [0, 0.1) is 0 Å². The van der Waals surface area contributed by atoms with Gasteiger partial charge in [-0.05, 0) is 11.8 Å². The summed E-state index contributed by atoms with van der Waals surface area (Å²) >= 11 is -0.177. The Labute approximate surface area is 118 Å². The predicted molar refractivity (Wildman–Crippen MR) is 67.6 cm³/mol. The van der Waals surface area contributed by atoms with Crippen LogP contribution in [0.15, 0.2) is 0 Å². The Bertz CT molecular complexity index is 346. The van der Waals surface area contributed by atoms with Crippen LogP contribution in [-0.4, -0.2) is 77.4 Å². The maximum Gasteiger partial charge on any atom is 0.441 e. The highest BCUT2D eigenvalue weighted by atomic mass is 32.2. The van der Waals surface area contributed by atoms with Gasteiger partial charge in [0.15, 0.2) is 0 Å². The summed E-state index contributed by atoms with van der Waals surface area (Å²) in [5, 5.41) is 11.0. The summed E-state index contributed by atoms with van der Waals surface area (Å²) in [6.07, 6.45) is 0. The van der Waals surface area contributed by atoms with E-state index in [2.05, 4.69) is 5.32 Å². The van der Waals surface area contributed by atoms with Crippen molar-refractivity contribution in [1.29, 1.82) is 0 Å². The highest BCUT2D eigenvalue weighted by Gasteiger charge is 2.28. The van der Waals surface area contributed by atoms with Crippen LogP contribution in [-0.2, 0) is 4.79 Å². The fourth-order valence-corrected chi connectivity index (χ4v) is 2.17. The third-order valence-electron chi connectivity index (χ3n) is 2.66. The minimum Gasteiger partial charge on any atom is -0.480 e. The molecule has 1 aliphatic rings. The second kappa shape index (κ2) is 7.58. The fourth-order valence-electron chi connectivity index (χ4n) is 1.74. The minimum atomic E-state index is -4.28. The van der Waals surface area contributed by atoms with Crippen molar-refractivity contribution < 1.29 is 27.9 Å². The standard InChI is InChI=1S/C10H16F3N3O3S/c11-10(12,13)20-6-1-14-9(19)16-4-2-15(3-5-16)7-8(17)18/h1-7H2,(H,14,19)(H,17,18). The van der Waals surface area contributed by atoms with Crippen molar-refractivity contribution in [2.45, 2.75) is 5.51 Å². The summed E-state index contributed by atoms with van der Waals surface area (Å²) in [6.45, 7) is 1.49. The average molecular weight is 315 g/mol. The van der Waals surface area contributed by atoms with Crippen molar-refractivity contribution in [3.05, 3.63) is 0 Å². The van der Waals surface area contributed by atoms with Crippen molar-refractivity contribution in [3.63, 3.8) is 0 Å². The third kappa shape index (κ3) is 6.85. The van der Waals surface area contributed by atoms with Crippen LogP contribution in [0.1, 0.15) is 0 Å². The molecule has 0 radical (unpaired) electrons. The van der Waals surface area contributed by atoms with Crippen LogP contribution in [0.4, 0.5) is 18.0 Å². The molecule has 0 atom stereocenters. The molecule has 6 nitrogen and oxygen atoms in total. The Morgan fingerprint density at radius 3 is 2.30 bits per heavy atom. The molecule has 2 amide bonds. The summed E-state index contributed by atoms with van der Waals surface area (Å²) in [5.74, 6) is -1.15. The molecule has 2 N–H and O–H groups in total. The Kier molecular flexibility index (Phi) is 6.40. The first kappa shape index (κ1) is 16.9. The lowest BCUT2D eigenvalue weighted by molar-refractivity contribution is -0.138. The Morgan fingerprint density at radius 2 is 1.80 bits per heavy atom. The largest absolute Gasteiger partial charge is 0.480 e. The molecule has 10 heteroatoms. The van der Waals surface area contributed by atoms with Crippen LogP contribution in [0.3, 0.4) is 0 Å². The van der Waals surface area contributed by atoms with Gasteiger partial charge in [-0.3, -0.25) is 9.69 Å².